The van der Waals surface area contributed by atoms with Crippen LogP contribution in [0.3, 0.4) is 0 Å². The molecule has 0 radical (unpaired) electrons. The number of carbonyl (C=O) groups is 1. The molecule has 166 valence electrons. The number of ether oxygens (including phenoxy) is 3. The first kappa shape index (κ1) is 21.9. The molecular formula is C27H29NO4. The Hall–Kier alpha value is -3.31. The summed E-state index contributed by atoms with van der Waals surface area (Å²) in [6, 6.07) is 25.4. The fourth-order valence-electron chi connectivity index (χ4n) is 3.71. The molecule has 0 bridgehead atoms. The van der Waals surface area contributed by atoms with Crippen LogP contribution in [0.25, 0.3) is 11.1 Å². The van der Waals surface area contributed by atoms with Gasteiger partial charge in [0.25, 0.3) is 5.91 Å². The predicted octanol–water partition coefficient (Wildman–Crippen LogP) is 5.71. The van der Waals surface area contributed by atoms with Gasteiger partial charge in [-0.15, -0.1) is 0 Å². The summed E-state index contributed by atoms with van der Waals surface area (Å²) in [5.41, 5.74) is 2.88. The molecule has 32 heavy (non-hydrogen) atoms. The van der Waals surface area contributed by atoms with Crippen LogP contribution in [0.5, 0.6) is 11.5 Å². The fraction of sp³-hybridized carbons (Fsp3) is 0.296. The molecule has 0 aliphatic carbocycles. The molecule has 1 amide bonds. The van der Waals surface area contributed by atoms with Crippen LogP contribution in [-0.4, -0.2) is 31.3 Å². The number of hydrogen-bond donors (Lipinski definition) is 1. The van der Waals surface area contributed by atoms with E-state index in [0.29, 0.717) is 30.2 Å². The Balaban J connectivity index is 1.38. The summed E-state index contributed by atoms with van der Waals surface area (Å²) in [6.45, 7) is 3.20. The van der Waals surface area contributed by atoms with Gasteiger partial charge in [0.05, 0.1) is 11.8 Å². The molecule has 2 unspecified atom stereocenters. The summed E-state index contributed by atoms with van der Waals surface area (Å²) in [4.78, 5) is 12.9. The van der Waals surface area contributed by atoms with E-state index in [1.54, 1.807) is 0 Å². The van der Waals surface area contributed by atoms with Crippen molar-refractivity contribution in [3.8, 4) is 22.6 Å². The van der Waals surface area contributed by atoms with Crippen molar-refractivity contribution in [2.24, 2.45) is 0 Å². The van der Waals surface area contributed by atoms with Gasteiger partial charge >= 0.3 is 0 Å². The highest BCUT2D eigenvalue weighted by Gasteiger charge is 2.21. The number of para-hydroxylation sites is 2. The molecule has 1 aliphatic heterocycles. The van der Waals surface area contributed by atoms with Gasteiger partial charge in [-0.05, 0) is 54.7 Å². The van der Waals surface area contributed by atoms with Gasteiger partial charge in [0.2, 0.25) is 0 Å². The van der Waals surface area contributed by atoms with Crippen LogP contribution in [0, 0.1) is 0 Å². The molecule has 5 nitrogen and oxygen atoms in total. The van der Waals surface area contributed by atoms with Gasteiger partial charge in [-0.2, -0.15) is 0 Å². The van der Waals surface area contributed by atoms with Crippen molar-refractivity contribution in [2.45, 2.75) is 38.4 Å². The predicted molar refractivity (Wildman–Crippen MR) is 126 cm³/mol. The Kier molecular flexibility index (Phi) is 7.41. The molecular weight excluding hydrogens is 402 g/mol. The Morgan fingerprint density at radius 1 is 1.00 bits per heavy atom. The molecule has 0 saturated carbocycles. The summed E-state index contributed by atoms with van der Waals surface area (Å²) in [5.74, 6) is 1.10. The van der Waals surface area contributed by atoms with E-state index in [1.165, 1.54) is 0 Å². The summed E-state index contributed by atoms with van der Waals surface area (Å²) in [5, 5.41) is 2.96. The molecule has 1 saturated heterocycles. The summed E-state index contributed by atoms with van der Waals surface area (Å²) in [7, 11) is 0. The van der Waals surface area contributed by atoms with E-state index in [9.17, 15) is 4.79 Å². The number of nitrogens with one attached hydrogen (secondary N) is 1. The lowest BCUT2D eigenvalue weighted by molar-refractivity contribution is -0.122. The van der Waals surface area contributed by atoms with E-state index in [2.05, 4.69) is 17.4 Å². The molecule has 1 fully saturated rings. The number of carbonyl (C=O) groups excluding carboxylic acids is 1. The second kappa shape index (κ2) is 10.8. The average Bonchev–Trinajstić information content (AvgIpc) is 3.36. The van der Waals surface area contributed by atoms with Gasteiger partial charge in [-0.3, -0.25) is 4.79 Å². The maximum absolute atomic E-state index is 12.9. The van der Waals surface area contributed by atoms with Crippen LogP contribution in [0.15, 0.2) is 78.9 Å². The van der Waals surface area contributed by atoms with Crippen molar-refractivity contribution in [1.29, 1.82) is 0 Å². The van der Waals surface area contributed by atoms with Crippen molar-refractivity contribution < 1.29 is 19.0 Å². The largest absolute Gasteiger partial charge is 0.489 e. The maximum atomic E-state index is 12.9. The van der Waals surface area contributed by atoms with E-state index in [1.807, 2.05) is 73.7 Å². The van der Waals surface area contributed by atoms with Gasteiger partial charge < -0.3 is 19.5 Å². The summed E-state index contributed by atoms with van der Waals surface area (Å²) in [6.07, 6.45) is 2.12. The number of hydrogen-bond acceptors (Lipinski definition) is 4. The first-order valence-electron chi connectivity index (χ1n) is 11.2. The molecule has 0 aromatic heterocycles. The minimum atomic E-state index is -0.608. The zero-order chi connectivity index (χ0) is 22.2. The topological polar surface area (TPSA) is 56.8 Å². The normalized spacial score (nSPS) is 16.3. The number of anilines is 1. The van der Waals surface area contributed by atoms with Crippen LogP contribution >= 0.6 is 0 Å². The van der Waals surface area contributed by atoms with Gasteiger partial charge in [0.15, 0.2) is 6.10 Å². The molecule has 4 rings (SSSR count). The Labute approximate surface area is 189 Å². The standard InChI is InChI=1S/C27H29NO4/c1-2-25(32-22-16-14-21(15-17-22)20-9-4-3-5-10-20)27(29)28-24-12-6-7-13-26(24)31-19-23-11-8-18-30-23/h3-7,9-10,12-17,23,25H,2,8,11,18-19H2,1H3,(H,28,29). The van der Waals surface area contributed by atoms with Crippen LogP contribution in [-0.2, 0) is 9.53 Å². The number of amides is 1. The van der Waals surface area contributed by atoms with Crippen molar-refractivity contribution in [3.05, 3.63) is 78.9 Å². The highest BCUT2D eigenvalue weighted by atomic mass is 16.5. The molecule has 0 spiro atoms. The SMILES string of the molecule is CCC(Oc1ccc(-c2ccccc2)cc1)C(=O)Nc1ccccc1OCC1CCCO1. The van der Waals surface area contributed by atoms with Crippen LogP contribution in [0.4, 0.5) is 5.69 Å². The van der Waals surface area contributed by atoms with E-state index >= 15 is 0 Å². The van der Waals surface area contributed by atoms with Crippen molar-refractivity contribution >= 4 is 11.6 Å². The minimum Gasteiger partial charge on any atom is -0.489 e. The van der Waals surface area contributed by atoms with Crippen molar-refractivity contribution in [2.75, 3.05) is 18.5 Å². The number of benzene rings is 3. The third-order valence-electron chi connectivity index (χ3n) is 5.50. The van der Waals surface area contributed by atoms with Gasteiger partial charge in [0, 0.05) is 6.61 Å². The smallest absolute Gasteiger partial charge is 0.265 e. The van der Waals surface area contributed by atoms with Crippen LogP contribution in [0.2, 0.25) is 0 Å². The van der Waals surface area contributed by atoms with E-state index in [0.717, 1.165) is 30.6 Å². The zero-order valence-corrected chi connectivity index (χ0v) is 18.3. The third-order valence-corrected chi connectivity index (χ3v) is 5.50. The van der Waals surface area contributed by atoms with Crippen LogP contribution < -0.4 is 14.8 Å². The molecule has 3 aromatic carbocycles. The maximum Gasteiger partial charge on any atom is 0.265 e. The lowest BCUT2D eigenvalue weighted by Crippen LogP contribution is -2.32. The Morgan fingerprint density at radius 2 is 1.72 bits per heavy atom. The number of rotatable bonds is 9. The molecule has 3 aromatic rings. The second-order valence-electron chi connectivity index (χ2n) is 7.84. The fourth-order valence-corrected chi connectivity index (χ4v) is 3.71. The Bertz CT molecular complexity index is 998. The highest BCUT2D eigenvalue weighted by Crippen LogP contribution is 2.27. The quantitative estimate of drug-likeness (QED) is 0.472. The summed E-state index contributed by atoms with van der Waals surface area (Å²) >= 11 is 0. The molecule has 2 atom stereocenters. The van der Waals surface area contributed by atoms with E-state index < -0.39 is 6.10 Å². The molecule has 5 heteroatoms. The van der Waals surface area contributed by atoms with Crippen LogP contribution in [0.1, 0.15) is 26.2 Å². The van der Waals surface area contributed by atoms with Crippen molar-refractivity contribution in [3.63, 3.8) is 0 Å². The van der Waals surface area contributed by atoms with Gasteiger partial charge in [0.1, 0.15) is 18.1 Å². The van der Waals surface area contributed by atoms with Gasteiger partial charge in [-0.1, -0.05) is 61.5 Å². The van der Waals surface area contributed by atoms with E-state index in [-0.39, 0.29) is 12.0 Å². The first-order chi connectivity index (χ1) is 15.7. The molecule has 1 N–H and O–H groups in total. The Morgan fingerprint density at radius 3 is 2.44 bits per heavy atom. The monoisotopic (exact) mass is 431 g/mol. The highest BCUT2D eigenvalue weighted by molar-refractivity contribution is 5.95. The second-order valence-corrected chi connectivity index (χ2v) is 7.84. The molecule has 1 heterocycles. The van der Waals surface area contributed by atoms with E-state index in [4.69, 9.17) is 14.2 Å². The minimum absolute atomic E-state index is 0.115. The lowest BCUT2D eigenvalue weighted by atomic mass is 10.1. The zero-order valence-electron chi connectivity index (χ0n) is 18.3. The average molecular weight is 432 g/mol. The first-order valence-corrected chi connectivity index (χ1v) is 11.2. The third kappa shape index (κ3) is 5.68. The van der Waals surface area contributed by atoms with Gasteiger partial charge in [-0.25, -0.2) is 0 Å². The lowest BCUT2D eigenvalue weighted by Gasteiger charge is -2.19. The molecule has 1 aliphatic rings. The summed E-state index contributed by atoms with van der Waals surface area (Å²) < 4.78 is 17.5. The van der Waals surface area contributed by atoms with Crippen molar-refractivity contribution in [1.82, 2.24) is 0 Å².